The Bertz CT molecular complexity index is 1150. The van der Waals surface area contributed by atoms with Gasteiger partial charge in [-0.15, -0.1) is 0 Å². The van der Waals surface area contributed by atoms with E-state index >= 15 is 0 Å². The van der Waals surface area contributed by atoms with Crippen LogP contribution in [0.5, 0.6) is 0 Å². The van der Waals surface area contributed by atoms with Crippen molar-refractivity contribution >= 4 is 37.3 Å². The zero-order chi connectivity index (χ0) is 24.8. The van der Waals surface area contributed by atoms with Crippen molar-refractivity contribution in [2.45, 2.75) is 52.1 Å². The molecule has 1 fully saturated rings. The van der Waals surface area contributed by atoms with Crippen LogP contribution in [0.3, 0.4) is 0 Å². The largest absolute Gasteiger partial charge is 0.318 e. The van der Waals surface area contributed by atoms with Crippen LogP contribution in [-0.4, -0.2) is 40.9 Å². The number of carbonyl (C=O) groups excluding carboxylic acids is 1. The first-order valence-electron chi connectivity index (χ1n) is 10.5. The SMILES string of the molecule is CC(C)(C)C1CCC2(C=C(C(=O)Nc3cc(N(S(C)(=O)=O)S(C)(=O)=O)ccc3F)NO2)CC1. The Balaban J connectivity index is 1.80. The summed E-state index contributed by atoms with van der Waals surface area (Å²) in [7, 11) is -8.43. The molecule has 0 bridgehead atoms. The number of carbonyl (C=O) groups is 1. The number of anilines is 2. The van der Waals surface area contributed by atoms with Gasteiger partial charge in [0.25, 0.3) is 5.91 Å². The van der Waals surface area contributed by atoms with Crippen LogP contribution in [0.25, 0.3) is 0 Å². The summed E-state index contributed by atoms with van der Waals surface area (Å²) in [5.41, 5.74) is 1.62. The molecule has 1 aromatic carbocycles. The molecular weight excluding hydrogens is 473 g/mol. The number of amides is 1. The molecule has 33 heavy (non-hydrogen) atoms. The smallest absolute Gasteiger partial charge is 0.273 e. The maximum absolute atomic E-state index is 14.4. The summed E-state index contributed by atoms with van der Waals surface area (Å²) in [5.74, 6) is -0.998. The number of rotatable bonds is 5. The summed E-state index contributed by atoms with van der Waals surface area (Å²) in [6.45, 7) is 6.61. The second-order valence-corrected chi connectivity index (χ2v) is 13.7. The number of nitrogens with zero attached hydrogens (tertiary/aromatic N) is 1. The first-order chi connectivity index (χ1) is 15.0. The highest BCUT2D eigenvalue weighted by Gasteiger charge is 2.42. The predicted octanol–water partition coefficient (Wildman–Crippen LogP) is 2.88. The Kier molecular flexibility index (Phi) is 6.59. The first-order valence-corrected chi connectivity index (χ1v) is 14.2. The molecule has 1 heterocycles. The number of benzene rings is 1. The quantitative estimate of drug-likeness (QED) is 0.634. The zero-order valence-corrected chi connectivity index (χ0v) is 20.9. The monoisotopic (exact) mass is 503 g/mol. The number of sulfonamides is 2. The Labute approximate surface area is 194 Å². The van der Waals surface area contributed by atoms with Gasteiger partial charge in [-0.1, -0.05) is 20.8 Å². The zero-order valence-electron chi connectivity index (χ0n) is 19.3. The van der Waals surface area contributed by atoms with E-state index in [-0.39, 0.29) is 26.2 Å². The average molecular weight is 504 g/mol. The molecule has 2 N–H and O–H groups in total. The highest BCUT2D eigenvalue weighted by Crippen LogP contribution is 2.44. The number of hydrogen-bond acceptors (Lipinski definition) is 7. The topological polar surface area (TPSA) is 122 Å². The average Bonchev–Trinajstić information content (AvgIpc) is 3.05. The molecule has 9 nitrogen and oxygen atoms in total. The molecule has 0 unspecified atom stereocenters. The van der Waals surface area contributed by atoms with Gasteiger partial charge in [-0.25, -0.2) is 21.2 Å². The van der Waals surface area contributed by atoms with Gasteiger partial charge in [0.2, 0.25) is 20.0 Å². The molecule has 2 aliphatic rings. The molecule has 0 atom stereocenters. The predicted molar refractivity (Wildman–Crippen MR) is 124 cm³/mol. The molecule has 1 aromatic rings. The van der Waals surface area contributed by atoms with E-state index in [1.165, 1.54) is 0 Å². The van der Waals surface area contributed by atoms with Crippen molar-refractivity contribution in [2.24, 2.45) is 11.3 Å². The van der Waals surface area contributed by atoms with Gasteiger partial charge in [0.15, 0.2) is 0 Å². The normalized spacial score (nSPS) is 23.7. The highest BCUT2D eigenvalue weighted by atomic mass is 32.3. The lowest BCUT2D eigenvalue weighted by Gasteiger charge is -2.40. The fourth-order valence-corrected chi connectivity index (χ4v) is 7.31. The lowest BCUT2D eigenvalue weighted by Crippen LogP contribution is -2.37. The van der Waals surface area contributed by atoms with Crippen LogP contribution in [0.4, 0.5) is 15.8 Å². The van der Waals surface area contributed by atoms with E-state index < -0.39 is 37.4 Å². The third-order valence-electron chi connectivity index (χ3n) is 6.08. The van der Waals surface area contributed by atoms with E-state index in [1.807, 2.05) is 0 Å². The number of nitrogens with one attached hydrogen (secondary N) is 2. The fraction of sp³-hybridized carbons (Fsp3) is 0.571. The minimum Gasteiger partial charge on any atom is -0.318 e. The van der Waals surface area contributed by atoms with Gasteiger partial charge in [0, 0.05) is 0 Å². The van der Waals surface area contributed by atoms with Crippen molar-refractivity contribution in [3.05, 3.63) is 35.8 Å². The van der Waals surface area contributed by atoms with Crippen molar-refractivity contribution in [3.8, 4) is 0 Å². The molecule has 1 aliphatic carbocycles. The summed E-state index contributed by atoms with van der Waals surface area (Å²) in [6.07, 6.45) is 6.49. The Morgan fingerprint density at radius 1 is 1.15 bits per heavy atom. The van der Waals surface area contributed by atoms with Gasteiger partial charge in [-0.3, -0.25) is 15.1 Å². The lowest BCUT2D eigenvalue weighted by molar-refractivity contribution is -0.115. The van der Waals surface area contributed by atoms with Crippen LogP contribution in [0.15, 0.2) is 30.0 Å². The van der Waals surface area contributed by atoms with Gasteiger partial charge in [-0.05, 0) is 61.3 Å². The summed E-state index contributed by atoms with van der Waals surface area (Å²) in [5, 5.41) is 2.36. The van der Waals surface area contributed by atoms with Crippen molar-refractivity contribution < 1.29 is 30.9 Å². The lowest BCUT2D eigenvalue weighted by atomic mass is 9.68. The second kappa shape index (κ2) is 8.55. The van der Waals surface area contributed by atoms with Gasteiger partial charge in [0.05, 0.1) is 23.9 Å². The minimum absolute atomic E-state index is 0.108. The second-order valence-electron chi connectivity index (χ2n) is 9.81. The van der Waals surface area contributed by atoms with E-state index in [1.54, 1.807) is 6.08 Å². The Morgan fingerprint density at radius 2 is 1.73 bits per heavy atom. The molecule has 1 amide bonds. The van der Waals surface area contributed by atoms with Gasteiger partial charge in [0.1, 0.15) is 17.1 Å². The molecule has 0 aromatic heterocycles. The molecular formula is C21H30FN3O6S2. The molecule has 3 rings (SSSR count). The van der Waals surface area contributed by atoms with Crippen LogP contribution >= 0.6 is 0 Å². The first kappa shape index (κ1) is 25.4. The standard InChI is InChI=1S/C21H30FN3O6S2/c1-20(2,3)14-8-10-21(11-9-14)13-18(24-31-21)19(26)23-17-12-15(6-7-16(17)22)25(32(4,27)28)33(5,29)30/h6-7,12-14,24H,8-11H2,1-5H3,(H,23,26). The van der Waals surface area contributed by atoms with Crippen molar-refractivity contribution in [1.29, 1.82) is 0 Å². The van der Waals surface area contributed by atoms with Crippen LogP contribution in [0.1, 0.15) is 46.5 Å². The number of hydroxylamine groups is 1. The highest BCUT2D eigenvalue weighted by molar-refractivity contribution is 8.09. The molecule has 184 valence electrons. The van der Waals surface area contributed by atoms with E-state index in [0.717, 1.165) is 43.9 Å². The molecule has 12 heteroatoms. The summed E-state index contributed by atoms with van der Waals surface area (Å²) < 4.78 is 62.5. The van der Waals surface area contributed by atoms with Crippen LogP contribution in [-0.2, 0) is 29.7 Å². The van der Waals surface area contributed by atoms with Crippen molar-refractivity contribution in [2.75, 3.05) is 21.5 Å². The van der Waals surface area contributed by atoms with Crippen LogP contribution in [0.2, 0.25) is 0 Å². The molecule has 1 spiro atoms. The van der Waals surface area contributed by atoms with E-state index in [9.17, 15) is 26.0 Å². The van der Waals surface area contributed by atoms with E-state index in [0.29, 0.717) is 18.4 Å². The van der Waals surface area contributed by atoms with Crippen molar-refractivity contribution in [1.82, 2.24) is 5.48 Å². The van der Waals surface area contributed by atoms with E-state index in [4.69, 9.17) is 4.84 Å². The molecule has 1 saturated carbocycles. The van der Waals surface area contributed by atoms with Gasteiger partial charge >= 0.3 is 0 Å². The van der Waals surface area contributed by atoms with Crippen molar-refractivity contribution in [3.63, 3.8) is 0 Å². The van der Waals surface area contributed by atoms with Crippen LogP contribution in [0, 0.1) is 17.2 Å². The third kappa shape index (κ3) is 5.67. The third-order valence-corrected chi connectivity index (χ3v) is 9.34. The fourth-order valence-electron chi connectivity index (χ4n) is 4.35. The Hall–Kier alpha value is -2.18. The Morgan fingerprint density at radius 3 is 2.24 bits per heavy atom. The van der Waals surface area contributed by atoms with Gasteiger partial charge < -0.3 is 5.32 Å². The van der Waals surface area contributed by atoms with Crippen LogP contribution < -0.4 is 14.5 Å². The molecule has 0 radical (unpaired) electrons. The molecule has 0 saturated heterocycles. The number of halogens is 1. The summed E-state index contributed by atoms with van der Waals surface area (Å²) >= 11 is 0. The van der Waals surface area contributed by atoms with Gasteiger partial charge in [-0.2, -0.15) is 3.71 Å². The molecule has 1 aliphatic heterocycles. The minimum atomic E-state index is -4.22. The number of hydrogen-bond donors (Lipinski definition) is 2. The summed E-state index contributed by atoms with van der Waals surface area (Å²) in [6, 6.07) is 2.85. The van der Waals surface area contributed by atoms with E-state index in [2.05, 4.69) is 31.6 Å². The maximum Gasteiger partial charge on any atom is 0.273 e. The summed E-state index contributed by atoms with van der Waals surface area (Å²) in [4.78, 5) is 18.5. The maximum atomic E-state index is 14.4.